The van der Waals surface area contributed by atoms with Crippen LogP contribution in [0.5, 0.6) is 17.2 Å². The Morgan fingerprint density at radius 2 is 0.858 bits per heavy atom. The number of amides is 3. The van der Waals surface area contributed by atoms with Crippen LogP contribution in [0, 0.1) is 35.5 Å². The Balaban J connectivity index is 0.000000165. The van der Waals surface area contributed by atoms with Gasteiger partial charge in [-0.3, -0.25) is 67.7 Å². The Hall–Kier alpha value is -11.7. The fourth-order valence-electron chi connectivity index (χ4n) is 19.4. The van der Waals surface area contributed by atoms with Gasteiger partial charge in [0.15, 0.2) is 34.2 Å². The summed E-state index contributed by atoms with van der Waals surface area (Å²) in [6.07, 6.45) is 5.22. The number of phenolic OH excluding ortho intramolecular Hbond substituents is 3. The number of primary amides is 3. The molecular formula is C85H99N9O26. The Bertz CT molecular complexity index is 5270. The number of rotatable bonds is 19. The second-order valence-corrected chi connectivity index (χ2v) is 33.1. The maximum absolute atomic E-state index is 14.0. The number of phenols is 3. The van der Waals surface area contributed by atoms with E-state index >= 15 is 0 Å². The summed E-state index contributed by atoms with van der Waals surface area (Å²) >= 11 is 0. The van der Waals surface area contributed by atoms with Gasteiger partial charge < -0.3 is 97.3 Å². The third kappa shape index (κ3) is 14.5. The fourth-order valence-corrected chi connectivity index (χ4v) is 19.4. The number of hydrogen-bond donors (Lipinski definition) is 15. The maximum Gasteiger partial charge on any atom is 0.338 e. The summed E-state index contributed by atoms with van der Waals surface area (Å²) in [6.45, 7) is 8.15. The summed E-state index contributed by atoms with van der Waals surface area (Å²) < 4.78 is 17.0. The number of ketones is 6. The molecule has 4 aromatic rings. The predicted octanol–water partition coefficient (Wildman–Crippen LogP) is 2.13. The number of esters is 2. The molecule has 0 bridgehead atoms. The zero-order valence-electron chi connectivity index (χ0n) is 67.6. The molecule has 2 heterocycles. The number of hydrogen-bond acceptors (Lipinski definition) is 32. The van der Waals surface area contributed by atoms with Gasteiger partial charge in [0.2, 0.25) is 17.3 Å². The van der Waals surface area contributed by atoms with Crippen molar-refractivity contribution in [3.05, 3.63) is 162 Å². The van der Waals surface area contributed by atoms with Gasteiger partial charge >= 0.3 is 11.9 Å². The molecule has 120 heavy (non-hydrogen) atoms. The smallest absolute Gasteiger partial charge is 0.338 e. The lowest BCUT2D eigenvalue weighted by Gasteiger charge is -2.50. The Labute approximate surface area is 688 Å². The van der Waals surface area contributed by atoms with Crippen molar-refractivity contribution in [3.63, 3.8) is 0 Å². The van der Waals surface area contributed by atoms with Crippen molar-refractivity contribution in [3.8, 4) is 28.6 Å². The zero-order chi connectivity index (χ0) is 88.0. The number of carbonyl (C=O) groups excluding carboxylic acids is 11. The number of aliphatic hydroxyl groups excluding tert-OH is 6. The van der Waals surface area contributed by atoms with Crippen molar-refractivity contribution >= 4 is 81.6 Å². The molecule has 18 N–H and O–H groups in total. The molecule has 4 fully saturated rings. The molecule has 35 nitrogen and oxygen atoms in total. The number of carbonyl (C=O) groups is 11. The topological polar surface area (TPSA) is 560 Å². The number of fused-ring (bicyclic) bond motifs is 9. The van der Waals surface area contributed by atoms with Gasteiger partial charge in [0, 0.05) is 59.7 Å². The van der Waals surface area contributed by atoms with Crippen LogP contribution in [-0.2, 0) is 78.4 Å². The molecule has 1 aliphatic heterocycles. The van der Waals surface area contributed by atoms with Crippen molar-refractivity contribution in [2.45, 2.75) is 99.3 Å². The molecule has 3 saturated carbocycles. The Morgan fingerprint density at radius 3 is 1.22 bits per heavy atom. The van der Waals surface area contributed by atoms with E-state index in [4.69, 9.17) is 31.1 Å². The maximum atomic E-state index is 14.0. The number of Topliss-reactive ketones (excluding diaryl/α,β-unsaturated/α-hetero) is 6. The molecule has 0 unspecified atom stereocenters. The first kappa shape index (κ1) is 87.6. The minimum Gasteiger partial charge on any atom is -0.508 e. The van der Waals surface area contributed by atoms with Crippen LogP contribution in [0.3, 0.4) is 0 Å². The van der Waals surface area contributed by atoms with Crippen molar-refractivity contribution in [2.24, 2.45) is 52.7 Å². The monoisotopic (exact) mass is 1660 g/mol. The summed E-state index contributed by atoms with van der Waals surface area (Å²) in [6, 6.07) is 8.33. The molecular weight excluding hydrogens is 1560 g/mol. The molecule has 3 aromatic carbocycles. The van der Waals surface area contributed by atoms with Crippen molar-refractivity contribution in [1.29, 1.82) is 0 Å². The zero-order valence-corrected chi connectivity index (χ0v) is 67.6. The second kappa shape index (κ2) is 33.1. The van der Waals surface area contributed by atoms with E-state index in [0.717, 1.165) is 25.9 Å². The standard InChI is InChI=1S/C30H33N3O8.C29H35N3O9.C26H31N3O9/c1-5-10-33(4)13-15-6-9-20(41-15)16-7-8-19(34)22-17(16)11-14-12-18-24(32(2)3)26(36)23(29(31)39)28(38)30(18,40)27(37)21(14)25(22)35;1-31(2)22-17-13-14-12-16-15(28(39)41-11-10-32-8-4-3-5-9-32)6-7-18(33)20(16)23(34)19(14)25(36)29(17,40)26(37)21(24(22)35)27(30)38;1-28(2)7-8-38-25(36)12-5-6-15(30)17-13(12)9-11-10-14-19(29(3)4)21(32)18(24(27)35)23(34)26(14,37)22(33)16(11)20(17)31/h5-9,14,18,24,34-35,38,40H,1,10-13H2,2-4H3,(H2,31,39);6-7,14,17,22,33-34,37,40H,3-5,8-13H2,1-2H3,(H2,30,38);5-6,11,14,19,30-31,34,37H,7-10H2,1-4H3,(H2,27,35)/t14-,18-,24-,30-;14-,17-,22-,29-;11-,14-,19-,26-/m000/s1. The summed E-state index contributed by atoms with van der Waals surface area (Å²) in [4.78, 5) is 154. The van der Waals surface area contributed by atoms with E-state index in [2.05, 4.69) is 11.5 Å². The van der Waals surface area contributed by atoms with Crippen LogP contribution in [-0.4, -0.2) is 299 Å². The third-order valence-corrected chi connectivity index (χ3v) is 24.9. The van der Waals surface area contributed by atoms with E-state index in [1.54, 1.807) is 32.3 Å². The van der Waals surface area contributed by atoms with Crippen LogP contribution in [0.25, 0.3) is 28.6 Å². The molecule has 35 heteroatoms. The first-order chi connectivity index (χ1) is 56.4. The number of likely N-dealkylation sites (N-methyl/N-ethyl adjacent to an activating group) is 5. The lowest BCUT2D eigenvalue weighted by Crippen LogP contribution is -2.65. The predicted molar refractivity (Wildman–Crippen MR) is 426 cm³/mol. The largest absolute Gasteiger partial charge is 0.508 e. The number of benzene rings is 3. The first-order valence-corrected chi connectivity index (χ1v) is 39.0. The highest BCUT2D eigenvalue weighted by atomic mass is 16.5. The lowest BCUT2D eigenvalue weighted by molar-refractivity contribution is -0.155. The molecule has 3 amide bonds. The van der Waals surface area contributed by atoms with Crippen molar-refractivity contribution < 1.29 is 128 Å². The highest BCUT2D eigenvalue weighted by molar-refractivity contribution is 6.27. The second-order valence-electron chi connectivity index (χ2n) is 33.1. The highest BCUT2D eigenvalue weighted by Crippen LogP contribution is 2.58. The van der Waals surface area contributed by atoms with Gasteiger partial charge in [-0.05, 0) is 211 Å². The molecule has 10 aliphatic rings. The van der Waals surface area contributed by atoms with Gasteiger partial charge in [0.25, 0.3) is 17.7 Å². The van der Waals surface area contributed by atoms with Gasteiger partial charge in [-0.2, -0.15) is 0 Å². The molecule has 640 valence electrons. The van der Waals surface area contributed by atoms with E-state index in [-0.39, 0.29) is 113 Å². The van der Waals surface area contributed by atoms with Gasteiger partial charge in [-0.1, -0.05) is 12.5 Å². The average Bonchev–Trinajstić information content (AvgIpc) is 0.716. The number of nitrogens with zero attached hydrogens (tertiary/aromatic N) is 6. The first-order valence-electron chi connectivity index (χ1n) is 39.0. The quantitative estimate of drug-likeness (QED) is 0.0363. The summed E-state index contributed by atoms with van der Waals surface area (Å²) in [5.41, 5.74) is 6.16. The highest BCUT2D eigenvalue weighted by Gasteiger charge is 2.68. The summed E-state index contributed by atoms with van der Waals surface area (Å²) in [7, 11) is 14.8. The fraction of sp³-hybridized carbons (Fsp3) is 0.447. The van der Waals surface area contributed by atoms with Crippen LogP contribution in [0.2, 0.25) is 0 Å². The molecule has 12 atom stereocenters. The lowest BCUT2D eigenvalue weighted by atomic mass is 9.57. The minimum atomic E-state index is -2.72. The Kier molecular flexibility index (Phi) is 24.2. The van der Waals surface area contributed by atoms with Crippen LogP contribution in [0.1, 0.15) is 98.4 Å². The SMILES string of the molecule is C=CCN(C)Cc1ccc(-c2ccc(O)c3c2C[C@H]2C[C@H]4[C@H](N(C)C)C(=O)C(C(N)=O)=C(O)[C@@]4(O)C(=O)C2=C3O)o1.CN(C)CCOC(=O)c1ccc(O)c2c1C[C@H]1C[C@H]3[C@H](N(C)C)C(=O)C(C(N)=O)=C(O)[C@@]3(O)C(=O)C1=C2O.CN(C)[C@@H]1C(=O)C(C(N)=O)=C(O)[C@@]2(O)C(=O)C3=C(O)c4c(O)ccc(C(=O)OCCN5CCCCC5)c4C[C@H]3C[C@@H]12. The normalized spacial score (nSPS) is 27.0. The summed E-state index contributed by atoms with van der Waals surface area (Å²) in [5.74, 6) is -21.8. The number of ether oxygens (including phenoxy) is 2. The molecule has 14 rings (SSSR count). The molecule has 9 aliphatic carbocycles. The van der Waals surface area contributed by atoms with Crippen LogP contribution in [0.4, 0.5) is 0 Å². The number of furan rings is 1. The third-order valence-electron chi connectivity index (χ3n) is 24.9. The number of likely N-dealkylation sites (tertiary alicyclic amines) is 1. The molecule has 1 saturated heterocycles. The molecule has 0 radical (unpaired) electrons. The van der Waals surface area contributed by atoms with Crippen LogP contribution in [0.15, 0.2) is 116 Å². The van der Waals surface area contributed by atoms with Gasteiger partial charge in [-0.25, -0.2) is 9.59 Å². The minimum absolute atomic E-state index is 0.00104. The van der Waals surface area contributed by atoms with Crippen LogP contribution < -0.4 is 17.2 Å². The van der Waals surface area contributed by atoms with Gasteiger partial charge in [-0.15, -0.1) is 6.58 Å². The number of aliphatic hydroxyl groups is 9. The number of nitrogens with two attached hydrogens (primary N) is 3. The van der Waals surface area contributed by atoms with Gasteiger partial charge in [0.05, 0.1) is 52.5 Å². The van der Waals surface area contributed by atoms with E-state index in [0.29, 0.717) is 48.8 Å². The number of piperidine rings is 1. The average molecular weight is 1660 g/mol. The summed E-state index contributed by atoms with van der Waals surface area (Å²) in [5, 5.41) is 134. The van der Waals surface area contributed by atoms with Crippen molar-refractivity contribution in [1.82, 2.24) is 29.4 Å². The van der Waals surface area contributed by atoms with Gasteiger partial charge in [0.1, 0.15) is 93.3 Å². The Morgan fingerprint density at radius 1 is 0.500 bits per heavy atom. The van der Waals surface area contributed by atoms with E-state index in [1.165, 1.54) is 79.6 Å². The number of aromatic hydroxyl groups is 3. The van der Waals surface area contributed by atoms with E-state index in [1.807, 2.05) is 37.0 Å². The van der Waals surface area contributed by atoms with E-state index in [9.17, 15) is 114 Å². The molecule has 1 aromatic heterocycles. The van der Waals surface area contributed by atoms with Crippen molar-refractivity contribution in [2.75, 3.05) is 109 Å². The molecule has 0 spiro atoms. The van der Waals surface area contributed by atoms with Crippen LogP contribution >= 0.6 is 0 Å². The van der Waals surface area contributed by atoms with E-state index < -0.39 is 198 Å².